The number of halogens is 1. The van der Waals surface area contributed by atoms with Crippen LogP contribution in [0.4, 0.5) is 5.69 Å². The summed E-state index contributed by atoms with van der Waals surface area (Å²) >= 11 is 3.03. The van der Waals surface area contributed by atoms with Gasteiger partial charge in [-0.15, -0.1) is 0 Å². The van der Waals surface area contributed by atoms with E-state index >= 15 is 0 Å². The Morgan fingerprint density at radius 2 is 2.20 bits per heavy atom. The highest BCUT2D eigenvalue weighted by atomic mass is 79.9. The molecule has 54 valence electrons. The number of anilines is 1. The molecule has 1 rings (SSSR count). The predicted molar refractivity (Wildman–Crippen MR) is 48.0 cm³/mol. The Hall–Kier alpha value is -0.500. The Labute approximate surface area is 76.4 Å². The first kappa shape index (κ1) is 3.26. The molecule has 0 amide bonds. The maximum atomic E-state index is 7.62. The summed E-state index contributed by atoms with van der Waals surface area (Å²) in [6.45, 7) is -0.862. The van der Waals surface area contributed by atoms with Crippen LogP contribution in [-0.2, 0) is 0 Å². The van der Waals surface area contributed by atoms with Crippen LogP contribution in [0.3, 0.4) is 0 Å². The standard InChI is InChI=1S/C8H10BrN/c1-5-3-7(9)4-6(2)8(5)10/h3-4H,10H2,1-2H3/i1D3,3D,4D. The lowest BCUT2D eigenvalue weighted by molar-refractivity contribution is 1.37. The van der Waals surface area contributed by atoms with Gasteiger partial charge in [0.2, 0.25) is 0 Å². The summed E-state index contributed by atoms with van der Waals surface area (Å²) < 4.78 is 37.2. The van der Waals surface area contributed by atoms with Crippen molar-refractivity contribution < 1.29 is 6.85 Å². The van der Waals surface area contributed by atoms with Gasteiger partial charge in [-0.05, 0) is 37.0 Å². The SMILES string of the molecule is [2H]c1c(C)c(N)c(C([2H])([2H])[2H])c([2H])c1Br. The number of hydrogen-bond acceptors (Lipinski definition) is 1. The second-order valence-corrected chi connectivity index (χ2v) is 2.77. The average Bonchev–Trinajstić information content (AvgIpc) is 2.09. The minimum atomic E-state index is -2.43. The molecular weight excluding hydrogens is 190 g/mol. The summed E-state index contributed by atoms with van der Waals surface area (Å²) in [5, 5.41) is 0. The number of hydrogen-bond donors (Lipinski definition) is 1. The summed E-state index contributed by atoms with van der Waals surface area (Å²) in [4.78, 5) is 0. The number of rotatable bonds is 0. The lowest BCUT2D eigenvalue weighted by Crippen LogP contribution is -1.92. The fourth-order valence-electron chi connectivity index (χ4n) is 0.628. The van der Waals surface area contributed by atoms with Crippen molar-refractivity contribution in [3.8, 4) is 0 Å². The van der Waals surface area contributed by atoms with Crippen LogP contribution >= 0.6 is 15.9 Å². The molecule has 0 saturated carbocycles. The maximum Gasteiger partial charge on any atom is 0.0638 e. The third-order valence-corrected chi connectivity index (χ3v) is 1.60. The molecule has 10 heavy (non-hydrogen) atoms. The normalized spacial score (nSPS) is 18.4. The Morgan fingerprint density at radius 3 is 2.80 bits per heavy atom. The maximum absolute atomic E-state index is 7.62. The first-order valence-corrected chi connectivity index (χ1v) is 3.52. The molecule has 0 spiro atoms. The summed E-state index contributed by atoms with van der Waals surface area (Å²) in [5.41, 5.74) is 5.81. The molecule has 2 N–H and O–H groups in total. The van der Waals surface area contributed by atoms with Crippen LogP contribution in [0, 0.1) is 13.8 Å². The van der Waals surface area contributed by atoms with Gasteiger partial charge in [-0.1, -0.05) is 15.9 Å². The molecule has 0 fully saturated rings. The molecule has 0 radical (unpaired) electrons. The van der Waals surface area contributed by atoms with Crippen molar-refractivity contribution in [2.75, 3.05) is 5.73 Å². The Morgan fingerprint density at radius 1 is 1.60 bits per heavy atom. The largest absolute Gasteiger partial charge is 0.398 e. The van der Waals surface area contributed by atoms with Gasteiger partial charge in [0.25, 0.3) is 0 Å². The molecule has 0 bridgehead atoms. The molecule has 0 heterocycles. The molecule has 0 unspecified atom stereocenters. The summed E-state index contributed by atoms with van der Waals surface area (Å²) in [7, 11) is 0. The van der Waals surface area contributed by atoms with Crippen LogP contribution in [0.25, 0.3) is 0 Å². The number of nitrogen functional groups attached to an aromatic ring is 1. The first-order valence-electron chi connectivity index (χ1n) is 5.23. The van der Waals surface area contributed by atoms with Crippen LogP contribution in [0.15, 0.2) is 16.6 Å². The van der Waals surface area contributed by atoms with E-state index in [4.69, 9.17) is 12.6 Å². The topological polar surface area (TPSA) is 26.0 Å². The molecule has 1 nitrogen and oxygen atoms in total. The van der Waals surface area contributed by atoms with Gasteiger partial charge in [-0.3, -0.25) is 0 Å². The fourth-order valence-corrected chi connectivity index (χ4v) is 1.12. The van der Waals surface area contributed by atoms with Crippen molar-refractivity contribution in [3.05, 3.63) is 27.7 Å². The van der Waals surface area contributed by atoms with Gasteiger partial charge in [0.05, 0.1) is 2.74 Å². The summed E-state index contributed by atoms with van der Waals surface area (Å²) in [6.07, 6.45) is 0. The first-order chi connectivity index (χ1) is 6.68. The van der Waals surface area contributed by atoms with Crippen LogP contribution in [0.1, 0.15) is 18.0 Å². The van der Waals surface area contributed by atoms with E-state index in [-0.39, 0.29) is 27.8 Å². The molecule has 0 aromatic heterocycles. The average molecular weight is 205 g/mol. The van der Waals surface area contributed by atoms with Crippen LogP contribution in [0.2, 0.25) is 0 Å². The van der Waals surface area contributed by atoms with Crippen LogP contribution in [0.5, 0.6) is 0 Å². The molecule has 0 aliphatic carbocycles. The second-order valence-electron chi connectivity index (χ2n) is 1.98. The molecule has 0 aliphatic heterocycles. The van der Waals surface area contributed by atoms with Crippen molar-refractivity contribution in [2.45, 2.75) is 13.8 Å². The van der Waals surface area contributed by atoms with E-state index in [1.807, 2.05) is 0 Å². The second kappa shape index (κ2) is 2.62. The van der Waals surface area contributed by atoms with Crippen molar-refractivity contribution in [1.82, 2.24) is 0 Å². The molecule has 2 heteroatoms. The highest BCUT2D eigenvalue weighted by Crippen LogP contribution is 2.21. The van der Waals surface area contributed by atoms with Gasteiger partial charge in [-0.2, -0.15) is 0 Å². The molecule has 0 atom stereocenters. The lowest BCUT2D eigenvalue weighted by atomic mass is 10.1. The lowest BCUT2D eigenvalue weighted by Gasteiger charge is -2.03. The van der Waals surface area contributed by atoms with Crippen LogP contribution < -0.4 is 5.73 Å². The van der Waals surface area contributed by atoms with Crippen molar-refractivity contribution >= 4 is 21.6 Å². The van der Waals surface area contributed by atoms with E-state index in [1.54, 1.807) is 6.92 Å². The monoisotopic (exact) mass is 204 g/mol. The predicted octanol–water partition coefficient (Wildman–Crippen LogP) is 2.65. The Balaban J connectivity index is 3.68. The number of nitrogens with two attached hydrogens (primary N) is 1. The van der Waals surface area contributed by atoms with E-state index in [0.717, 1.165) is 0 Å². The molecule has 1 aromatic rings. The van der Waals surface area contributed by atoms with E-state index in [9.17, 15) is 0 Å². The Bertz CT molecular complexity index is 383. The third kappa shape index (κ3) is 1.32. The van der Waals surface area contributed by atoms with Gasteiger partial charge in [0.1, 0.15) is 0 Å². The van der Waals surface area contributed by atoms with Crippen LogP contribution in [-0.4, -0.2) is 0 Å². The highest BCUT2D eigenvalue weighted by Gasteiger charge is 1.97. The molecule has 0 aliphatic rings. The number of benzene rings is 1. The zero-order valence-corrected chi connectivity index (χ0v) is 7.04. The Kier molecular flexibility index (Phi) is 0.856. The van der Waals surface area contributed by atoms with Gasteiger partial charge in [0.15, 0.2) is 0 Å². The molecule has 0 saturated heterocycles. The van der Waals surface area contributed by atoms with Crippen molar-refractivity contribution in [3.63, 3.8) is 0 Å². The summed E-state index contributed by atoms with van der Waals surface area (Å²) in [5.74, 6) is 0. The fraction of sp³-hybridized carbons (Fsp3) is 0.250. The summed E-state index contributed by atoms with van der Waals surface area (Å²) in [6, 6.07) is -0.173. The zero-order chi connectivity index (χ0) is 12.0. The van der Waals surface area contributed by atoms with E-state index in [1.165, 1.54) is 0 Å². The zero-order valence-electron chi connectivity index (χ0n) is 10.5. The smallest absolute Gasteiger partial charge is 0.0638 e. The van der Waals surface area contributed by atoms with E-state index in [0.29, 0.717) is 5.56 Å². The van der Waals surface area contributed by atoms with Gasteiger partial charge in [0, 0.05) is 14.3 Å². The van der Waals surface area contributed by atoms with Gasteiger partial charge in [-0.25, -0.2) is 0 Å². The van der Waals surface area contributed by atoms with Crippen molar-refractivity contribution in [1.29, 1.82) is 0 Å². The van der Waals surface area contributed by atoms with E-state index < -0.39 is 6.85 Å². The van der Waals surface area contributed by atoms with Gasteiger partial charge < -0.3 is 5.73 Å². The molecular formula is C8H10BrN. The van der Waals surface area contributed by atoms with Crippen molar-refractivity contribution in [2.24, 2.45) is 0 Å². The highest BCUT2D eigenvalue weighted by molar-refractivity contribution is 9.10. The minimum absolute atomic E-state index is 0.00759. The third-order valence-electron chi connectivity index (χ3n) is 1.21. The quantitative estimate of drug-likeness (QED) is 0.647. The molecule has 1 aromatic carbocycles. The minimum Gasteiger partial charge on any atom is -0.398 e. The van der Waals surface area contributed by atoms with E-state index in [2.05, 4.69) is 15.9 Å². The van der Waals surface area contributed by atoms with Gasteiger partial charge >= 0.3 is 0 Å².